The molecule has 1 aromatic carbocycles. The molecule has 3 fully saturated rings. The van der Waals surface area contributed by atoms with E-state index < -0.39 is 40.7 Å². The number of likely N-dealkylation sites (tertiary alicyclic amines) is 1. The first-order valence-electron chi connectivity index (χ1n) is 14.0. The summed E-state index contributed by atoms with van der Waals surface area (Å²) in [5.74, 6) is -2.27. The second-order valence-corrected chi connectivity index (χ2v) is 13.4. The van der Waals surface area contributed by atoms with Gasteiger partial charge in [-0.2, -0.15) is 0 Å². The van der Waals surface area contributed by atoms with E-state index >= 15 is 0 Å². The lowest BCUT2D eigenvalue weighted by Crippen LogP contribution is -2.61. The average Bonchev–Trinajstić information content (AvgIpc) is 3.44. The zero-order valence-corrected chi connectivity index (χ0v) is 24.0. The van der Waals surface area contributed by atoms with Crippen molar-refractivity contribution in [3.63, 3.8) is 0 Å². The Morgan fingerprint density at radius 2 is 1.79 bits per heavy atom. The van der Waals surface area contributed by atoms with Crippen molar-refractivity contribution in [3.8, 4) is 0 Å². The van der Waals surface area contributed by atoms with E-state index in [0.29, 0.717) is 25.8 Å². The van der Waals surface area contributed by atoms with Crippen molar-refractivity contribution in [3.05, 3.63) is 35.9 Å². The number of ether oxygens (including phenoxy) is 1. The molecule has 1 aromatic rings. The monoisotopic (exact) mass is 527 g/mol. The Morgan fingerprint density at radius 3 is 2.37 bits per heavy atom. The molecular weight excluding hydrogens is 482 g/mol. The van der Waals surface area contributed by atoms with Gasteiger partial charge < -0.3 is 25.4 Å². The van der Waals surface area contributed by atoms with Crippen LogP contribution in [0.15, 0.2) is 30.3 Å². The largest absolute Gasteiger partial charge is 0.394 e. The fourth-order valence-electron chi connectivity index (χ4n) is 7.58. The molecule has 3 N–H and O–H groups in total. The van der Waals surface area contributed by atoms with Gasteiger partial charge in [-0.15, -0.1) is 0 Å². The van der Waals surface area contributed by atoms with E-state index in [1.54, 1.807) is 6.92 Å². The molecule has 3 aliphatic rings. The molecule has 8 nitrogen and oxygen atoms in total. The molecule has 3 amide bonds. The number of rotatable bonds is 9. The number of hydrogen-bond acceptors (Lipinski definition) is 5. The van der Waals surface area contributed by atoms with Crippen molar-refractivity contribution in [1.29, 1.82) is 0 Å². The molecule has 38 heavy (non-hydrogen) atoms. The van der Waals surface area contributed by atoms with Gasteiger partial charge in [0.1, 0.15) is 11.6 Å². The van der Waals surface area contributed by atoms with E-state index in [0.717, 1.165) is 12.0 Å². The molecule has 1 spiro atoms. The number of fused-ring (bicyclic) bond motifs is 1. The zero-order valence-electron chi connectivity index (χ0n) is 24.0. The second kappa shape index (κ2) is 9.94. The number of nitrogens with one attached hydrogen (secondary N) is 2. The van der Waals surface area contributed by atoms with Gasteiger partial charge in [0.2, 0.25) is 17.7 Å². The normalized spacial score (nSPS) is 31.3. The van der Waals surface area contributed by atoms with Crippen LogP contribution in [0.1, 0.15) is 79.7 Å². The Bertz CT molecular complexity index is 1070. The van der Waals surface area contributed by atoms with E-state index in [2.05, 4.69) is 31.4 Å². The lowest BCUT2D eigenvalue weighted by Gasteiger charge is -2.39. The molecule has 210 valence electrons. The van der Waals surface area contributed by atoms with Crippen LogP contribution in [0, 0.1) is 17.3 Å². The van der Waals surface area contributed by atoms with E-state index in [1.807, 2.05) is 51.1 Å². The third-order valence-corrected chi connectivity index (χ3v) is 8.63. The highest BCUT2D eigenvalue weighted by Gasteiger charge is 2.79. The number of hydrogen-bond donors (Lipinski definition) is 3. The van der Waals surface area contributed by atoms with Crippen LogP contribution in [-0.4, -0.2) is 63.2 Å². The molecule has 3 heterocycles. The molecule has 0 radical (unpaired) electrons. The van der Waals surface area contributed by atoms with Gasteiger partial charge in [0.05, 0.1) is 30.1 Å². The van der Waals surface area contributed by atoms with Crippen LogP contribution in [0.25, 0.3) is 0 Å². The first-order chi connectivity index (χ1) is 17.7. The van der Waals surface area contributed by atoms with Crippen molar-refractivity contribution >= 4 is 17.7 Å². The molecule has 6 atom stereocenters. The Morgan fingerprint density at radius 1 is 1.13 bits per heavy atom. The van der Waals surface area contributed by atoms with Crippen LogP contribution >= 0.6 is 0 Å². The predicted molar refractivity (Wildman–Crippen MR) is 145 cm³/mol. The van der Waals surface area contributed by atoms with Crippen LogP contribution in [0.4, 0.5) is 0 Å². The van der Waals surface area contributed by atoms with E-state index in [4.69, 9.17) is 4.74 Å². The Balaban J connectivity index is 1.68. The van der Waals surface area contributed by atoms with Gasteiger partial charge in [0.15, 0.2) is 0 Å². The molecule has 3 saturated heterocycles. The van der Waals surface area contributed by atoms with Crippen molar-refractivity contribution in [2.24, 2.45) is 17.3 Å². The van der Waals surface area contributed by atoms with Crippen LogP contribution in [0.3, 0.4) is 0 Å². The molecule has 8 heteroatoms. The number of aliphatic hydroxyl groups excluding tert-OH is 1. The topological polar surface area (TPSA) is 108 Å². The summed E-state index contributed by atoms with van der Waals surface area (Å²) in [6, 6.07) is 8.15. The number of benzene rings is 1. The van der Waals surface area contributed by atoms with Gasteiger partial charge in [0, 0.05) is 12.1 Å². The summed E-state index contributed by atoms with van der Waals surface area (Å²) in [7, 11) is 0. The smallest absolute Gasteiger partial charge is 0.246 e. The summed E-state index contributed by atoms with van der Waals surface area (Å²) in [6.45, 7) is 14.1. The lowest BCUT2D eigenvalue weighted by atomic mass is 9.65. The maximum Gasteiger partial charge on any atom is 0.246 e. The SMILES string of the molecule is CC[C@]12CCC3(O1)C(C(=O)NC(C)(C)CC(C)(C)C)N([C@H](C)CO)C(=O)[C@@H]3[C@H]2C(=O)NCc1ccccc1. The summed E-state index contributed by atoms with van der Waals surface area (Å²) in [6.07, 6.45) is 2.43. The Hall–Kier alpha value is -2.45. The quantitative estimate of drug-likeness (QED) is 0.457. The van der Waals surface area contributed by atoms with Crippen LogP contribution in [0.2, 0.25) is 0 Å². The summed E-state index contributed by atoms with van der Waals surface area (Å²) in [5, 5.41) is 16.3. The van der Waals surface area contributed by atoms with Gasteiger partial charge in [0.25, 0.3) is 0 Å². The molecule has 0 saturated carbocycles. The fourth-order valence-corrected chi connectivity index (χ4v) is 7.58. The van der Waals surface area contributed by atoms with E-state index in [-0.39, 0.29) is 29.7 Å². The van der Waals surface area contributed by atoms with Crippen LogP contribution < -0.4 is 10.6 Å². The highest BCUT2D eigenvalue weighted by Crippen LogP contribution is 2.64. The minimum atomic E-state index is -1.10. The predicted octanol–water partition coefficient (Wildman–Crippen LogP) is 3.17. The molecular formula is C30H45N3O5. The first kappa shape index (κ1) is 28.6. The van der Waals surface area contributed by atoms with E-state index in [9.17, 15) is 19.5 Å². The number of carbonyl (C=O) groups is 3. The van der Waals surface area contributed by atoms with Crippen LogP contribution in [-0.2, 0) is 25.7 Å². The number of amides is 3. The number of carbonyl (C=O) groups excluding carboxylic acids is 3. The van der Waals surface area contributed by atoms with Gasteiger partial charge >= 0.3 is 0 Å². The fraction of sp³-hybridized carbons (Fsp3) is 0.700. The molecule has 3 aliphatic heterocycles. The van der Waals surface area contributed by atoms with Gasteiger partial charge in [-0.05, 0) is 57.4 Å². The van der Waals surface area contributed by atoms with Crippen molar-refractivity contribution in [2.75, 3.05) is 6.61 Å². The molecule has 0 aromatic heterocycles. The number of aliphatic hydroxyl groups is 1. The number of nitrogens with zero attached hydrogens (tertiary/aromatic N) is 1. The Labute approximate surface area is 226 Å². The minimum absolute atomic E-state index is 0.0162. The molecule has 2 bridgehead atoms. The van der Waals surface area contributed by atoms with Gasteiger partial charge in [-0.3, -0.25) is 14.4 Å². The van der Waals surface area contributed by atoms with Crippen LogP contribution in [0.5, 0.6) is 0 Å². The van der Waals surface area contributed by atoms with Crippen molar-refractivity contribution < 1.29 is 24.2 Å². The minimum Gasteiger partial charge on any atom is -0.394 e. The summed E-state index contributed by atoms with van der Waals surface area (Å²) < 4.78 is 6.79. The lowest BCUT2D eigenvalue weighted by molar-refractivity contribution is -0.151. The van der Waals surface area contributed by atoms with Crippen molar-refractivity contribution in [2.45, 2.75) is 110 Å². The van der Waals surface area contributed by atoms with Crippen molar-refractivity contribution in [1.82, 2.24) is 15.5 Å². The first-order valence-corrected chi connectivity index (χ1v) is 14.0. The van der Waals surface area contributed by atoms with E-state index in [1.165, 1.54) is 4.90 Å². The maximum absolute atomic E-state index is 14.1. The maximum atomic E-state index is 14.1. The highest BCUT2D eigenvalue weighted by atomic mass is 16.5. The standard InChI is InChI=1S/C30H45N3O5/c1-8-29-14-15-30(38-29)22(21(29)24(35)31-16-20-12-10-9-11-13-20)26(37)33(19(2)17-34)23(30)25(36)32-28(6,7)18-27(3,4)5/h9-13,19,21-23,34H,8,14-18H2,1-7H3,(H,31,35)(H,32,36)/t19-,21+,22+,23?,29-,30?/m1/s1. The Kier molecular flexibility index (Phi) is 7.47. The van der Waals surface area contributed by atoms with Gasteiger partial charge in [-0.25, -0.2) is 0 Å². The highest BCUT2D eigenvalue weighted by molar-refractivity contribution is 5.99. The average molecular weight is 528 g/mol. The summed E-state index contributed by atoms with van der Waals surface area (Å²) in [5.41, 5.74) is -1.47. The molecule has 0 aliphatic carbocycles. The molecule has 2 unspecified atom stereocenters. The third-order valence-electron chi connectivity index (χ3n) is 8.63. The summed E-state index contributed by atoms with van der Waals surface area (Å²) >= 11 is 0. The molecule has 4 rings (SSSR count). The zero-order chi connectivity index (χ0) is 28.1. The van der Waals surface area contributed by atoms with Gasteiger partial charge in [-0.1, -0.05) is 58.0 Å². The second-order valence-electron chi connectivity index (χ2n) is 13.4. The third kappa shape index (κ3) is 4.86. The summed E-state index contributed by atoms with van der Waals surface area (Å²) in [4.78, 5) is 43.4.